The van der Waals surface area contributed by atoms with Crippen LogP contribution in [0.25, 0.3) is 12.2 Å². The normalized spacial score (nSPS) is 16.3. The zero-order chi connectivity index (χ0) is 21.5. The second-order valence-electron chi connectivity index (χ2n) is 6.52. The number of ketones is 1. The summed E-state index contributed by atoms with van der Waals surface area (Å²) >= 11 is 0. The van der Waals surface area contributed by atoms with Crippen LogP contribution in [0.15, 0.2) is 76.8 Å². The molecule has 4 nitrogen and oxygen atoms in total. The summed E-state index contributed by atoms with van der Waals surface area (Å²) < 4.78 is 41.4. The van der Waals surface area contributed by atoms with Gasteiger partial charge in [0.1, 0.15) is 5.75 Å². The molecule has 1 aliphatic rings. The van der Waals surface area contributed by atoms with Crippen LogP contribution in [0.3, 0.4) is 0 Å². The van der Waals surface area contributed by atoms with Crippen molar-refractivity contribution in [3.05, 3.63) is 82.9 Å². The number of isocyanates is 1. The highest BCUT2D eigenvalue weighted by Gasteiger charge is 2.20. The smallest absolute Gasteiger partial charge is 0.344 e. The van der Waals surface area contributed by atoms with E-state index >= 15 is 0 Å². The lowest BCUT2D eigenvalue weighted by Gasteiger charge is -2.16. The Hall–Kier alpha value is -3.70. The SMILES string of the molecule is O=C=Nc1ccc(C=C2CCCC(=Cc3ccc(OC(F)=C(F)F)cc3)C2=O)cc1. The predicted molar refractivity (Wildman–Crippen MR) is 106 cm³/mol. The van der Waals surface area contributed by atoms with Gasteiger partial charge in [0.25, 0.3) is 0 Å². The first-order valence-corrected chi connectivity index (χ1v) is 9.09. The Balaban J connectivity index is 1.76. The molecule has 0 amide bonds. The van der Waals surface area contributed by atoms with Crippen molar-refractivity contribution in [3.8, 4) is 5.75 Å². The molecule has 0 unspecified atom stereocenters. The van der Waals surface area contributed by atoms with Crippen LogP contribution < -0.4 is 4.74 Å². The number of carbonyl (C=O) groups excluding carboxylic acids is 2. The summed E-state index contributed by atoms with van der Waals surface area (Å²) in [6.07, 6.45) is 4.55. The molecule has 0 N–H and O–H groups in total. The first-order valence-electron chi connectivity index (χ1n) is 9.09. The van der Waals surface area contributed by atoms with Crippen LogP contribution >= 0.6 is 0 Å². The van der Waals surface area contributed by atoms with Crippen molar-refractivity contribution < 1.29 is 27.5 Å². The summed E-state index contributed by atoms with van der Waals surface area (Å²) in [6, 6.07) is 10.7. The molecule has 0 aromatic heterocycles. The van der Waals surface area contributed by atoms with Crippen LogP contribution in [0, 0.1) is 0 Å². The number of benzene rings is 2. The molecule has 3 rings (SSSR count). The summed E-state index contributed by atoms with van der Waals surface area (Å²) in [4.78, 5) is 26.6. The van der Waals surface area contributed by atoms with E-state index in [9.17, 15) is 22.8 Å². The Morgan fingerprint density at radius 3 is 1.93 bits per heavy atom. The molecular weight excluding hydrogens is 395 g/mol. The first-order chi connectivity index (χ1) is 14.5. The summed E-state index contributed by atoms with van der Waals surface area (Å²) in [6.45, 7) is 0. The fraction of sp³-hybridized carbons (Fsp3) is 0.130. The van der Waals surface area contributed by atoms with E-state index in [1.54, 1.807) is 48.6 Å². The van der Waals surface area contributed by atoms with Gasteiger partial charge < -0.3 is 4.74 Å². The van der Waals surface area contributed by atoms with E-state index in [1.807, 2.05) is 0 Å². The minimum absolute atomic E-state index is 0.0648. The minimum atomic E-state index is -2.53. The quantitative estimate of drug-likeness (QED) is 0.252. The second kappa shape index (κ2) is 9.67. The molecule has 0 spiro atoms. The zero-order valence-corrected chi connectivity index (χ0v) is 15.7. The van der Waals surface area contributed by atoms with Gasteiger partial charge in [0.15, 0.2) is 5.78 Å². The lowest BCUT2D eigenvalue weighted by molar-refractivity contribution is -0.112. The maximum atomic E-state index is 12.8. The molecule has 0 radical (unpaired) electrons. The van der Waals surface area contributed by atoms with E-state index in [4.69, 9.17) is 0 Å². The van der Waals surface area contributed by atoms with Gasteiger partial charge in [-0.25, -0.2) is 4.79 Å². The standard InChI is InChI=1S/C23H16F3NO3/c24-22(25)23(26)30-20-10-6-16(7-11-20)13-18-3-1-2-17(21(18)29)12-15-4-8-19(9-5-15)27-14-28/h4-13H,1-3H2. The number of ether oxygens (including phenoxy) is 1. The molecule has 0 aliphatic heterocycles. The highest BCUT2D eigenvalue weighted by molar-refractivity contribution is 6.13. The van der Waals surface area contributed by atoms with Gasteiger partial charge in [0.2, 0.25) is 6.08 Å². The minimum Gasteiger partial charge on any atom is -0.428 e. The van der Waals surface area contributed by atoms with Crippen LogP contribution in [-0.2, 0) is 9.59 Å². The molecule has 0 bridgehead atoms. The molecule has 2 aromatic carbocycles. The Labute approximate surface area is 170 Å². The third-order valence-electron chi connectivity index (χ3n) is 4.46. The van der Waals surface area contributed by atoms with Crippen molar-refractivity contribution in [1.29, 1.82) is 0 Å². The largest absolute Gasteiger partial charge is 0.428 e. The van der Waals surface area contributed by atoms with Crippen molar-refractivity contribution in [3.63, 3.8) is 0 Å². The van der Waals surface area contributed by atoms with Crippen LogP contribution in [0.2, 0.25) is 0 Å². The maximum Gasteiger partial charge on any atom is 0.344 e. The van der Waals surface area contributed by atoms with E-state index in [1.165, 1.54) is 18.2 Å². The van der Waals surface area contributed by atoms with E-state index in [0.717, 1.165) is 12.0 Å². The highest BCUT2D eigenvalue weighted by atomic mass is 19.3. The van der Waals surface area contributed by atoms with E-state index in [2.05, 4.69) is 9.73 Å². The average molecular weight is 411 g/mol. The van der Waals surface area contributed by atoms with Crippen molar-refractivity contribution in [2.45, 2.75) is 19.3 Å². The van der Waals surface area contributed by atoms with Gasteiger partial charge in [0, 0.05) is 11.1 Å². The maximum absolute atomic E-state index is 12.8. The zero-order valence-electron chi connectivity index (χ0n) is 15.7. The Morgan fingerprint density at radius 1 is 0.900 bits per heavy atom. The topological polar surface area (TPSA) is 55.7 Å². The van der Waals surface area contributed by atoms with Gasteiger partial charge in [-0.1, -0.05) is 24.3 Å². The third kappa shape index (κ3) is 5.43. The highest BCUT2D eigenvalue weighted by Crippen LogP contribution is 2.29. The number of hydrogen-bond donors (Lipinski definition) is 0. The number of rotatable bonds is 5. The van der Waals surface area contributed by atoms with Crippen LogP contribution in [0.4, 0.5) is 18.9 Å². The van der Waals surface area contributed by atoms with Crippen molar-refractivity contribution in [2.24, 2.45) is 4.99 Å². The summed E-state index contributed by atoms with van der Waals surface area (Å²) in [5.74, 6) is -0.134. The number of hydrogen-bond acceptors (Lipinski definition) is 4. The monoisotopic (exact) mass is 411 g/mol. The number of Topliss-reactive ketones (excluding diaryl/α,β-unsaturated/α-hetero) is 1. The predicted octanol–water partition coefficient (Wildman–Crippen LogP) is 6.29. The molecule has 0 atom stereocenters. The number of aliphatic imine (C=N–C) groups is 1. The lowest BCUT2D eigenvalue weighted by Crippen LogP contribution is -2.12. The Kier molecular flexibility index (Phi) is 6.78. The van der Waals surface area contributed by atoms with Crippen molar-refractivity contribution >= 4 is 29.7 Å². The molecule has 0 saturated heterocycles. The first kappa shape index (κ1) is 21.0. The second-order valence-corrected chi connectivity index (χ2v) is 6.52. The molecule has 7 heteroatoms. The Bertz CT molecular complexity index is 1070. The van der Waals surface area contributed by atoms with Crippen LogP contribution in [0.5, 0.6) is 5.75 Å². The number of carbonyl (C=O) groups is 1. The molecule has 2 aromatic rings. The summed E-state index contributed by atoms with van der Waals surface area (Å²) in [7, 11) is 0. The number of halogens is 3. The Morgan fingerprint density at radius 2 is 1.43 bits per heavy atom. The molecule has 1 aliphatic carbocycles. The molecule has 0 heterocycles. The molecule has 1 saturated carbocycles. The number of nitrogens with zero attached hydrogens (tertiary/aromatic N) is 1. The van der Waals surface area contributed by atoms with Gasteiger partial charge in [-0.05, 0) is 66.8 Å². The summed E-state index contributed by atoms with van der Waals surface area (Å²) in [5, 5.41) is 0. The fourth-order valence-electron chi connectivity index (χ4n) is 3.05. The van der Waals surface area contributed by atoms with Crippen LogP contribution in [-0.4, -0.2) is 11.9 Å². The number of allylic oxidation sites excluding steroid dienone is 2. The van der Waals surface area contributed by atoms with Crippen LogP contribution in [0.1, 0.15) is 30.4 Å². The van der Waals surface area contributed by atoms with Crippen molar-refractivity contribution in [2.75, 3.05) is 0 Å². The third-order valence-corrected chi connectivity index (χ3v) is 4.46. The van der Waals surface area contributed by atoms with Gasteiger partial charge in [-0.2, -0.15) is 18.2 Å². The molecule has 30 heavy (non-hydrogen) atoms. The van der Waals surface area contributed by atoms with E-state index in [0.29, 0.717) is 35.2 Å². The molecular formula is C23H16F3NO3. The van der Waals surface area contributed by atoms with E-state index in [-0.39, 0.29) is 11.5 Å². The fourth-order valence-corrected chi connectivity index (χ4v) is 3.05. The van der Waals surface area contributed by atoms with Gasteiger partial charge in [0.05, 0.1) is 5.69 Å². The van der Waals surface area contributed by atoms with Gasteiger partial charge in [-0.15, -0.1) is 0 Å². The lowest BCUT2D eigenvalue weighted by atomic mass is 9.87. The average Bonchev–Trinajstić information content (AvgIpc) is 2.74. The molecule has 1 fully saturated rings. The van der Waals surface area contributed by atoms with Gasteiger partial charge >= 0.3 is 12.1 Å². The van der Waals surface area contributed by atoms with Crippen molar-refractivity contribution in [1.82, 2.24) is 0 Å². The van der Waals surface area contributed by atoms with Gasteiger partial charge in [-0.3, -0.25) is 4.79 Å². The van der Waals surface area contributed by atoms with E-state index < -0.39 is 12.1 Å². The summed E-state index contributed by atoms with van der Waals surface area (Å²) in [5.41, 5.74) is 3.28. The molecule has 152 valence electrons.